The van der Waals surface area contributed by atoms with Crippen LogP contribution in [0.2, 0.25) is 0 Å². The van der Waals surface area contributed by atoms with E-state index in [2.05, 4.69) is 15.7 Å². The zero-order chi connectivity index (χ0) is 13.7. The van der Waals surface area contributed by atoms with E-state index in [0.717, 1.165) is 57.2 Å². The molecule has 1 aromatic rings. The largest absolute Gasteiger partial charge is 0.355 e. The van der Waals surface area contributed by atoms with E-state index >= 15 is 0 Å². The molecule has 0 aromatic carbocycles. The lowest BCUT2D eigenvalue weighted by Gasteiger charge is -2.22. The van der Waals surface area contributed by atoms with E-state index in [1.54, 1.807) is 11.3 Å². The molecule has 0 aliphatic heterocycles. The third-order valence-electron chi connectivity index (χ3n) is 3.72. The molecule has 0 saturated heterocycles. The van der Waals surface area contributed by atoms with Crippen molar-refractivity contribution in [2.45, 2.75) is 57.4 Å². The summed E-state index contributed by atoms with van der Waals surface area (Å²) in [6, 6.07) is 0. The van der Waals surface area contributed by atoms with Crippen molar-refractivity contribution in [3.63, 3.8) is 0 Å². The Kier molecular flexibility index (Phi) is 4.93. The molecule has 0 atom stereocenters. The molecule has 1 aliphatic rings. The van der Waals surface area contributed by atoms with Crippen molar-refractivity contribution in [3.8, 4) is 0 Å². The highest BCUT2D eigenvalue weighted by Crippen LogP contribution is 2.27. The van der Waals surface area contributed by atoms with Gasteiger partial charge in [-0.25, -0.2) is 4.98 Å². The van der Waals surface area contributed by atoms with Gasteiger partial charge in [0.15, 0.2) is 0 Å². The van der Waals surface area contributed by atoms with Gasteiger partial charge in [0.25, 0.3) is 0 Å². The van der Waals surface area contributed by atoms with Crippen molar-refractivity contribution in [2.75, 3.05) is 6.54 Å². The molecular formula is C14H23N3OS. The minimum absolute atomic E-state index is 0.0371. The Morgan fingerprint density at radius 2 is 2.21 bits per heavy atom. The summed E-state index contributed by atoms with van der Waals surface area (Å²) in [5.41, 5.74) is 6.60. The Bertz CT molecular complexity index is 424. The lowest BCUT2D eigenvalue weighted by molar-refractivity contribution is -0.126. The van der Waals surface area contributed by atoms with E-state index < -0.39 is 5.54 Å². The van der Waals surface area contributed by atoms with Crippen LogP contribution in [0.25, 0.3) is 0 Å². The quantitative estimate of drug-likeness (QED) is 0.785. The third kappa shape index (κ3) is 4.01. The second kappa shape index (κ2) is 6.48. The Morgan fingerprint density at radius 1 is 1.47 bits per heavy atom. The van der Waals surface area contributed by atoms with E-state index in [1.165, 1.54) is 5.01 Å². The maximum atomic E-state index is 12.0. The van der Waals surface area contributed by atoms with E-state index in [-0.39, 0.29) is 5.91 Å². The molecule has 1 aromatic heterocycles. The van der Waals surface area contributed by atoms with E-state index in [0.29, 0.717) is 0 Å². The lowest BCUT2D eigenvalue weighted by Crippen LogP contribution is -2.52. The van der Waals surface area contributed by atoms with Crippen LogP contribution in [0.3, 0.4) is 0 Å². The van der Waals surface area contributed by atoms with Crippen molar-refractivity contribution in [2.24, 2.45) is 5.73 Å². The number of nitrogens with one attached hydrogen (secondary N) is 1. The number of rotatable bonds is 6. The minimum Gasteiger partial charge on any atom is -0.355 e. The topological polar surface area (TPSA) is 68.0 Å². The third-order valence-corrected chi connectivity index (χ3v) is 4.74. The monoisotopic (exact) mass is 281 g/mol. The van der Waals surface area contributed by atoms with Crippen molar-refractivity contribution < 1.29 is 4.79 Å². The maximum Gasteiger partial charge on any atom is 0.240 e. The van der Waals surface area contributed by atoms with Gasteiger partial charge in [0.05, 0.1) is 10.5 Å². The lowest BCUT2D eigenvalue weighted by atomic mass is 9.98. The van der Waals surface area contributed by atoms with Gasteiger partial charge >= 0.3 is 0 Å². The number of carbonyl (C=O) groups excluding carboxylic acids is 1. The minimum atomic E-state index is -0.591. The highest BCUT2D eigenvalue weighted by molar-refractivity contribution is 7.09. The molecule has 0 unspecified atom stereocenters. The molecule has 0 spiro atoms. The number of thiazole rings is 1. The average Bonchev–Trinajstić information content (AvgIpc) is 2.99. The Balaban J connectivity index is 1.60. The van der Waals surface area contributed by atoms with Crippen molar-refractivity contribution in [3.05, 3.63) is 16.1 Å². The molecule has 2 rings (SSSR count). The van der Waals surface area contributed by atoms with Crippen LogP contribution in [0.15, 0.2) is 5.38 Å². The maximum absolute atomic E-state index is 12.0. The number of aryl methyl sites for hydroxylation is 2. The molecule has 19 heavy (non-hydrogen) atoms. The highest BCUT2D eigenvalue weighted by atomic mass is 32.1. The number of nitrogens with zero attached hydrogens (tertiary/aromatic N) is 1. The van der Waals surface area contributed by atoms with E-state index in [1.807, 2.05) is 6.92 Å². The van der Waals surface area contributed by atoms with Crippen LogP contribution < -0.4 is 11.1 Å². The Hall–Kier alpha value is -0.940. The first-order valence-corrected chi connectivity index (χ1v) is 7.96. The first kappa shape index (κ1) is 14.5. The highest BCUT2D eigenvalue weighted by Gasteiger charge is 2.36. The van der Waals surface area contributed by atoms with Gasteiger partial charge in [-0.1, -0.05) is 12.8 Å². The SMILES string of the molecule is Cc1csc(CCCCNC(=O)C2(N)CCCC2)n1. The molecule has 106 valence electrons. The van der Waals surface area contributed by atoms with E-state index in [9.17, 15) is 4.79 Å². The van der Waals surface area contributed by atoms with Gasteiger partial charge in [0.1, 0.15) is 0 Å². The normalized spacial score (nSPS) is 17.6. The number of nitrogens with two attached hydrogens (primary N) is 1. The fourth-order valence-corrected chi connectivity index (χ4v) is 3.35. The van der Waals surface area contributed by atoms with Crippen LogP contribution in [0.1, 0.15) is 49.2 Å². The van der Waals surface area contributed by atoms with Crippen LogP contribution in [0.4, 0.5) is 0 Å². The van der Waals surface area contributed by atoms with Crippen LogP contribution >= 0.6 is 11.3 Å². The summed E-state index contributed by atoms with van der Waals surface area (Å²) in [5, 5.41) is 6.24. The number of hydrogen-bond acceptors (Lipinski definition) is 4. The summed E-state index contributed by atoms with van der Waals surface area (Å²) in [5.74, 6) is 0.0371. The first-order chi connectivity index (χ1) is 9.10. The second-order valence-corrected chi connectivity index (χ2v) is 6.40. The molecule has 3 N–H and O–H groups in total. The smallest absolute Gasteiger partial charge is 0.240 e. The molecule has 5 heteroatoms. The fraction of sp³-hybridized carbons (Fsp3) is 0.714. The van der Waals surface area contributed by atoms with Crippen LogP contribution in [0, 0.1) is 6.92 Å². The molecular weight excluding hydrogens is 258 g/mol. The molecule has 1 aliphatic carbocycles. The Morgan fingerprint density at radius 3 is 2.84 bits per heavy atom. The summed E-state index contributed by atoms with van der Waals surface area (Å²) < 4.78 is 0. The number of hydrogen-bond donors (Lipinski definition) is 2. The number of amides is 1. The van der Waals surface area contributed by atoms with Crippen molar-refractivity contribution in [1.29, 1.82) is 0 Å². The Labute approximate surface area is 118 Å². The zero-order valence-corrected chi connectivity index (χ0v) is 12.4. The predicted molar refractivity (Wildman–Crippen MR) is 78.2 cm³/mol. The summed E-state index contributed by atoms with van der Waals surface area (Å²) >= 11 is 1.72. The van der Waals surface area contributed by atoms with Gasteiger partial charge in [-0.15, -0.1) is 11.3 Å². The van der Waals surface area contributed by atoms with Gasteiger partial charge in [-0.2, -0.15) is 0 Å². The van der Waals surface area contributed by atoms with Gasteiger partial charge in [0.2, 0.25) is 5.91 Å². The van der Waals surface area contributed by atoms with Crippen LogP contribution in [-0.4, -0.2) is 23.0 Å². The summed E-state index contributed by atoms with van der Waals surface area (Å²) in [6.07, 6.45) is 6.86. The van der Waals surface area contributed by atoms with E-state index in [4.69, 9.17) is 5.73 Å². The van der Waals surface area contributed by atoms with Crippen LogP contribution in [0.5, 0.6) is 0 Å². The first-order valence-electron chi connectivity index (χ1n) is 7.08. The molecule has 0 bridgehead atoms. The van der Waals surface area contributed by atoms with Gasteiger partial charge in [0, 0.05) is 17.6 Å². The number of aromatic nitrogens is 1. The molecule has 0 radical (unpaired) electrons. The molecule has 4 nitrogen and oxygen atoms in total. The molecule has 1 heterocycles. The van der Waals surface area contributed by atoms with Gasteiger partial charge in [-0.05, 0) is 39.0 Å². The summed E-state index contributed by atoms with van der Waals surface area (Å²) in [4.78, 5) is 16.4. The van der Waals surface area contributed by atoms with Gasteiger partial charge < -0.3 is 11.1 Å². The molecule has 1 saturated carbocycles. The number of carbonyl (C=O) groups is 1. The fourth-order valence-electron chi connectivity index (χ4n) is 2.53. The second-order valence-electron chi connectivity index (χ2n) is 5.46. The molecule has 1 fully saturated rings. The summed E-state index contributed by atoms with van der Waals surface area (Å²) in [7, 11) is 0. The van der Waals surface area contributed by atoms with Crippen molar-refractivity contribution in [1.82, 2.24) is 10.3 Å². The van der Waals surface area contributed by atoms with Gasteiger partial charge in [-0.3, -0.25) is 4.79 Å². The summed E-state index contributed by atoms with van der Waals surface area (Å²) in [6.45, 7) is 2.74. The zero-order valence-electron chi connectivity index (χ0n) is 11.6. The standard InChI is InChI=1S/C14H23N3OS/c1-11-10-19-12(17-11)6-2-5-9-16-13(18)14(15)7-3-4-8-14/h10H,2-9,15H2,1H3,(H,16,18). The van der Waals surface area contributed by atoms with Crippen LogP contribution in [-0.2, 0) is 11.2 Å². The van der Waals surface area contributed by atoms with Crippen molar-refractivity contribution >= 4 is 17.2 Å². The predicted octanol–water partition coefficient (Wildman–Crippen LogP) is 2.16. The average molecular weight is 281 g/mol. The number of unbranched alkanes of at least 4 members (excludes halogenated alkanes) is 1. The molecule has 1 amide bonds.